The highest BCUT2D eigenvalue weighted by Crippen LogP contribution is 2.26. The average Bonchev–Trinajstić information content (AvgIpc) is 2.75. The van der Waals surface area contributed by atoms with E-state index in [-0.39, 0.29) is 12.5 Å². The van der Waals surface area contributed by atoms with Crippen molar-refractivity contribution in [1.82, 2.24) is 10.2 Å². The van der Waals surface area contributed by atoms with Gasteiger partial charge in [0.05, 0.1) is 19.1 Å². The van der Waals surface area contributed by atoms with Gasteiger partial charge in [-0.2, -0.15) is 0 Å². The van der Waals surface area contributed by atoms with Crippen molar-refractivity contribution in [3.63, 3.8) is 0 Å². The molecule has 0 saturated carbocycles. The SMILES string of the molecule is CCNC(=O)[C@H](C)N(Cc1cccc(OC)c1)C(=O)CN(c1ccc(Cl)cc1C)S(C)(=O)=O. The van der Waals surface area contributed by atoms with Crippen LogP contribution in [-0.2, 0) is 26.2 Å². The number of hydrogen-bond acceptors (Lipinski definition) is 5. The normalized spacial score (nSPS) is 12.1. The summed E-state index contributed by atoms with van der Waals surface area (Å²) >= 11 is 6.02. The molecule has 0 fully saturated rings. The van der Waals surface area contributed by atoms with Crippen LogP contribution in [0.4, 0.5) is 5.69 Å². The molecular weight excluding hydrogens is 466 g/mol. The maximum atomic E-state index is 13.4. The number of amides is 2. The molecule has 0 radical (unpaired) electrons. The van der Waals surface area contributed by atoms with E-state index in [2.05, 4.69) is 5.32 Å². The maximum absolute atomic E-state index is 13.4. The van der Waals surface area contributed by atoms with E-state index >= 15 is 0 Å². The number of carbonyl (C=O) groups excluding carboxylic acids is 2. The summed E-state index contributed by atoms with van der Waals surface area (Å²) < 4.78 is 31.5. The average molecular weight is 496 g/mol. The summed E-state index contributed by atoms with van der Waals surface area (Å²) in [5.74, 6) is -0.237. The van der Waals surface area contributed by atoms with Crippen LogP contribution in [0.5, 0.6) is 5.75 Å². The van der Waals surface area contributed by atoms with E-state index in [1.165, 1.54) is 12.0 Å². The summed E-state index contributed by atoms with van der Waals surface area (Å²) in [5.41, 5.74) is 1.70. The van der Waals surface area contributed by atoms with Crippen molar-refractivity contribution < 1.29 is 22.7 Å². The first-order valence-corrected chi connectivity index (χ1v) is 12.6. The molecule has 0 aromatic heterocycles. The molecule has 0 aliphatic rings. The van der Waals surface area contributed by atoms with Gasteiger partial charge in [-0.15, -0.1) is 0 Å². The number of benzene rings is 2. The summed E-state index contributed by atoms with van der Waals surface area (Å²) in [6, 6.07) is 11.1. The van der Waals surface area contributed by atoms with Crippen molar-refractivity contribution in [3.05, 3.63) is 58.6 Å². The zero-order chi connectivity index (χ0) is 24.8. The number of methoxy groups -OCH3 is 1. The van der Waals surface area contributed by atoms with Crippen molar-refractivity contribution >= 4 is 39.1 Å². The van der Waals surface area contributed by atoms with E-state index in [1.54, 1.807) is 57.2 Å². The summed E-state index contributed by atoms with van der Waals surface area (Å²) in [5, 5.41) is 3.17. The third-order valence-electron chi connectivity index (χ3n) is 5.11. The van der Waals surface area contributed by atoms with Crippen LogP contribution in [0.15, 0.2) is 42.5 Å². The predicted octanol–water partition coefficient (Wildman–Crippen LogP) is 2.98. The fraction of sp³-hybridized carbons (Fsp3) is 0.391. The Morgan fingerprint density at radius 1 is 1.18 bits per heavy atom. The van der Waals surface area contributed by atoms with Gasteiger partial charge < -0.3 is 15.0 Å². The Balaban J connectivity index is 2.42. The van der Waals surface area contributed by atoms with Gasteiger partial charge in [0.2, 0.25) is 21.8 Å². The number of aryl methyl sites for hydroxylation is 1. The minimum absolute atomic E-state index is 0.103. The van der Waals surface area contributed by atoms with Gasteiger partial charge in [-0.25, -0.2) is 8.42 Å². The van der Waals surface area contributed by atoms with Crippen molar-refractivity contribution in [1.29, 1.82) is 0 Å². The second-order valence-corrected chi connectivity index (χ2v) is 9.99. The number of halogens is 1. The predicted molar refractivity (Wildman–Crippen MR) is 130 cm³/mol. The summed E-state index contributed by atoms with van der Waals surface area (Å²) in [6.45, 7) is 5.16. The van der Waals surface area contributed by atoms with E-state index in [0.29, 0.717) is 28.6 Å². The second-order valence-electron chi connectivity index (χ2n) is 7.64. The number of sulfonamides is 1. The zero-order valence-electron chi connectivity index (χ0n) is 19.5. The zero-order valence-corrected chi connectivity index (χ0v) is 21.0. The van der Waals surface area contributed by atoms with E-state index in [9.17, 15) is 18.0 Å². The molecule has 0 unspecified atom stereocenters. The quantitative estimate of drug-likeness (QED) is 0.546. The van der Waals surface area contributed by atoms with Crippen LogP contribution in [-0.4, -0.2) is 57.6 Å². The van der Waals surface area contributed by atoms with Crippen LogP contribution in [0, 0.1) is 6.92 Å². The summed E-state index contributed by atoms with van der Waals surface area (Å²) in [7, 11) is -2.26. The molecule has 0 aliphatic carbocycles. The van der Waals surface area contributed by atoms with E-state index in [0.717, 1.165) is 16.1 Å². The Kier molecular flexibility index (Phi) is 9.13. The van der Waals surface area contributed by atoms with Gasteiger partial charge in [-0.3, -0.25) is 13.9 Å². The molecule has 8 nitrogen and oxygen atoms in total. The van der Waals surface area contributed by atoms with E-state index in [4.69, 9.17) is 16.3 Å². The van der Waals surface area contributed by atoms with Gasteiger partial charge in [0.15, 0.2) is 0 Å². The standard InChI is InChI=1S/C23H30ClN3O5S/c1-6-25-23(29)17(3)26(14-18-8-7-9-20(13-18)32-4)22(28)15-27(33(5,30)31)21-11-10-19(24)12-16(21)2/h7-13,17H,6,14-15H2,1-5H3,(H,25,29)/t17-/m0/s1. The minimum atomic E-state index is -3.80. The largest absolute Gasteiger partial charge is 0.497 e. The molecule has 33 heavy (non-hydrogen) atoms. The highest BCUT2D eigenvalue weighted by Gasteiger charge is 2.30. The third kappa shape index (κ3) is 7.10. The first-order chi connectivity index (χ1) is 15.5. The molecule has 180 valence electrons. The Morgan fingerprint density at radius 3 is 2.45 bits per heavy atom. The van der Waals surface area contributed by atoms with Gasteiger partial charge in [0.1, 0.15) is 18.3 Å². The lowest BCUT2D eigenvalue weighted by atomic mass is 10.1. The van der Waals surface area contributed by atoms with Gasteiger partial charge in [0.25, 0.3) is 0 Å². The maximum Gasteiger partial charge on any atom is 0.244 e. The molecule has 0 heterocycles. The highest BCUT2D eigenvalue weighted by molar-refractivity contribution is 7.92. The van der Waals surface area contributed by atoms with E-state index < -0.39 is 28.5 Å². The summed E-state index contributed by atoms with van der Waals surface area (Å²) in [4.78, 5) is 27.4. The lowest BCUT2D eigenvalue weighted by molar-refractivity contribution is -0.139. The smallest absolute Gasteiger partial charge is 0.244 e. The lowest BCUT2D eigenvalue weighted by Crippen LogP contribution is -2.51. The van der Waals surface area contributed by atoms with Gasteiger partial charge >= 0.3 is 0 Å². The van der Waals surface area contributed by atoms with Crippen LogP contribution < -0.4 is 14.4 Å². The van der Waals surface area contributed by atoms with Crippen LogP contribution in [0.25, 0.3) is 0 Å². The van der Waals surface area contributed by atoms with Gasteiger partial charge in [-0.05, 0) is 62.2 Å². The van der Waals surface area contributed by atoms with Gasteiger partial charge in [0, 0.05) is 18.1 Å². The van der Waals surface area contributed by atoms with Crippen LogP contribution in [0.3, 0.4) is 0 Å². The van der Waals surface area contributed by atoms with Crippen LogP contribution >= 0.6 is 11.6 Å². The number of likely N-dealkylation sites (N-methyl/N-ethyl adjacent to an activating group) is 1. The molecule has 1 N–H and O–H groups in total. The van der Waals surface area contributed by atoms with Gasteiger partial charge in [-0.1, -0.05) is 23.7 Å². The molecule has 0 spiro atoms. The molecule has 0 aliphatic heterocycles. The van der Waals surface area contributed by atoms with Crippen molar-refractivity contribution in [2.45, 2.75) is 33.4 Å². The van der Waals surface area contributed by atoms with E-state index in [1.807, 2.05) is 6.07 Å². The van der Waals surface area contributed by atoms with Crippen molar-refractivity contribution in [2.24, 2.45) is 0 Å². The fourth-order valence-electron chi connectivity index (χ4n) is 3.37. The third-order valence-corrected chi connectivity index (χ3v) is 6.47. The molecule has 0 saturated heterocycles. The lowest BCUT2D eigenvalue weighted by Gasteiger charge is -2.32. The number of carbonyl (C=O) groups is 2. The number of nitrogens with one attached hydrogen (secondary N) is 1. The highest BCUT2D eigenvalue weighted by atomic mass is 35.5. The molecule has 2 aromatic carbocycles. The number of nitrogens with zero attached hydrogens (tertiary/aromatic N) is 2. The molecular formula is C23H30ClN3O5S. The van der Waals surface area contributed by atoms with Crippen molar-refractivity contribution in [2.75, 3.05) is 30.8 Å². The second kappa shape index (κ2) is 11.4. The molecule has 2 rings (SSSR count). The number of anilines is 1. The van der Waals surface area contributed by atoms with Crippen LogP contribution in [0.1, 0.15) is 25.0 Å². The minimum Gasteiger partial charge on any atom is -0.497 e. The van der Waals surface area contributed by atoms with Crippen molar-refractivity contribution in [3.8, 4) is 5.75 Å². The molecule has 0 bridgehead atoms. The Hall–Kier alpha value is -2.78. The Morgan fingerprint density at radius 2 is 1.88 bits per heavy atom. The molecule has 2 amide bonds. The molecule has 1 atom stereocenters. The monoisotopic (exact) mass is 495 g/mol. The molecule has 2 aromatic rings. The first kappa shape index (κ1) is 26.5. The first-order valence-electron chi connectivity index (χ1n) is 10.4. The molecule has 10 heteroatoms. The Labute approximate surface area is 200 Å². The number of ether oxygens (including phenoxy) is 1. The number of rotatable bonds is 10. The number of hydrogen-bond donors (Lipinski definition) is 1. The summed E-state index contributed by atoms with van der Waals surface area (Å²) in [6.07, 6.45) is 1.04. The Bertz CT molecular complexity index is 1110. The van der Waals surface area contributed by atoms with Crippen LogP contribution in [0.2, 0.25) is 5.02 Å². The fourth-order valence-corrected chi connectivity index (χ4v) is 4.50. The topological polar surface area (TPSA) is 96.0 Å².